The second-order valence-electron chi connectivity index (χ2n) is 7.59. The van der Waals surface area contributed by atoms with Gasteiger partial charge in [-0.15, -0.1) is 0 Å². The Morgan fingerprint density at radius 2 is 1.88 bits per heavy atom. The van der Waals surface area contributed by atoms with Crippen molar-refractivity contribution in [3.05, 3.63) is 29.8 Å². The lowest BCUT2D eigenvalue weighted by Crippen LogP contribution is -2.52. The van der Waals surface area contributed by atoms with Crippen molar-refractivity contribution in [1.29, 1.82) is 0 Å². The summed E-state index contributed by atoms with van der Waals surface area (Å²) in [6.45, 7) is 7.21. The average Bonchev–Trinajstić information content (AvgIpc) is 3.14. The van der Waals surface area contributed by atoms with Crippen molar-refractivity contribution < 1.29 is 22.7 Å². The van der Waals surface area contributed by atoms with E-state index in [0.29, 0.717) is 6.42 Å². The van der Waals surface area contributed by atoms with E-state index < -0.39 is 33.8 Å². The fraction of sp³-hybridized carbons (Fsp3) is 0.588. The molecule has 8 heteroatoms. The molecule has 1 aliphatic heterocycles. The lowest BCUT2D eigenvalue weighted by atomic mass is 10.2. The first-order valence-corrected chi connectivity index (χ1v) is 9.77. The lowest BCUT2D eigenvalue weighted by Gasteiger charge is -2.26. The van der Waals surface area contributed by atoms with E-state index in [2.05, 4.69) is 10.0 Å². The quantitative estimate of drug-likeness (QED) is 0.789. The Kier molecular flexibility index (Phi) is 4.55. The summed E-state index contributed by atoms with van der Waals surface area (Å²) in [6, 6.07) is 5.77. The Morgan fingerprint density at radius 3 is 2.48 bits per heavy atom. The topological polar surface area (TPSA) is 97.0 Å². The number of carbonyl (C=O) groups is 1. The summed E-state index contributed by atoms with van der Waals surface area (Å²) in [5.41, 5.74) is 0.363. The Hall–Kier alpha value is -1.64. The minimum atomic E-state index is -3.66. The highest BCUT2D eigenvalue weighted by molar-refractivity contribution is 7.89. The number of hydrogen-bond acceptors (Lipinski definition) is 5. The summed E-state index contributed by atoms with van der Waals surface area (Å²) in [5.74, 6) is 0. The second kappa shape index (κ2) is 6.26. The molecule has 0 aromatic heterocycles. The molecule has 4 atom stereocenters. The predicted octanol–water partition coefficient (Wildman–Crippen LogP) is 1.71. The van der Waals surface area contributed by atoms with E-state index in [4.69, 9.17) is 9.47 Å². The van der Waals surface area contributed by atoms with Crippen molar-refractivity contribution >= 4 is 16.1 Å². The van der Waals surface area contributed by atoms with Crippen molar-refractivity contribution in [2.24, 2.45) is 0 Å². The number of benzene rings is 1. The molecule has 1 aromatic carbocycles. The number of amides is 1. The largest absolute Gasteiger partial charge is 0.444 e. The molecule has 1 aliphatic carbocycles. The molecule has 1 saturated carbocycles. The van der Waals surface area contributed by atoms with Crippen molar-refractivity contribution in [3.63, 3.8) is 0 Å². The van der Waals surface area contributed by atoms with Gasteiger partial charge in [0.1, 0.15) is 11.7 Å². The highest BCUT2D eigenvalue weighted by Crippen LogP contribution is 2.39. The number of hydrogen-bond donors (Lipinski definition) is 2. The maximum absolute atomic E-state index is 12.6. The van der Waals surface area contributed by atoms with E-state index in [1.54, 1.807) is 45.0 Å². The van der Waals surface area contributed by atoms with Gasteiger partial charge in [0, 0.05) is 6.04 Å². The molecule has 1 amide bonds. The summed E-state index contributed by atoms with van der Waals surface area (Å²) in [4.78, 5) is 12.2. The molecular weight excluding hydrogens is 344 g/mol. The summed E-state index contributed by atoms with van der Waals surface area (Å²) >= 11 is 0. The molecule has 2 fully saturated rings. The summed E-state index contributed by atoms with van der Waals surface area (Å²) in [7, 11) is -3.66. The number of aryl methyl sites for hydroxylation is 1. The van der Waals surface area contributed by atoms with Gasteiger partial charge in [0.2, 0.25) is 10.0 Å². The molecule has 3 rings (SSSR count). The Bertz CT molecular complexity index is 754. The Morgan fingerprint density at radius 1 is 1.24 bits per heavy atom. The molecule has 0 bridgehead atoms. The SMILES string of the molecule is Cc1ccc(S(=O)(=O)N[C@@H]2C[C@H]3O[C@H]3[C@H]2NC(=O)OC(C)(C)C)cc1. The second-order valence-corrected chi connectivity index (χ2v) is 9.30. The third-order valence-electron chi connectivity index (χ3n) is 4.22. The Labute approximate surface area is 148 Å². The molecule has 1 heterocycles. The number of sulfonamides is 1. The predicted molar refractivity (Wildman–Crippen MR) is 91.7 cm³/mol. The van der Waals surface area contributed by atoms with Crippen LogP contribution in [0, 0.1) is 6.92 Å². The molecule has 138 valence electrons. The van der Waals surface area contributed by atoms with Crippen LogP contribution in [0.25, 0.3) is 0 Å². The van der Waals surface area contributed by atoms with Gasteiger partial charge in [0.05, 0.1) is 17.0 Å². The van der Waals surface area contributed by atoms with Crippen LogP contribution in [0.3, 0.4) is 0 Å². The first-order chi connectivity index (χ1) is 11.5. The van der Waals surface area contributed by atoms with Gasteiger partial charge in [-0.25, -0.2) is 17.9 Å². The first-order valence-electron chi connectivity index (χ1n) is 8.29. The number of carbonyl (C=O) groups excluding carboxylic acids is 1. The van der Waals surface area contributed by atoms with Crippen LogP contribution in [0.15, 0.2) is 29.2 Å². The van der Waals surface area contributed by atoms with Gasteiger partial charge in [-0.1, -0.05) is 17.7 Å². The van der Waals surface area contributed by atoms with Crippen LogP contribution >= 0.6 is 0 Å². The zero-order valence-electron chi connectivity index (χ0n) is 14.8. The van der Waals surface area contributed by atoms with E-state index in [9.17, 15) is 13.2 Å². The molecule has 25 heavy (non-hydrogen) atoms. The minimum Gasteiger partial charge on any atom is -0.444 e. The van der Waals surface area contributed by atoms with Crippen molar-refractivity contribution in [3.8, 4) is 0 Å². The maximum Gasteiger partial charge on any atom is 0.408 e. The van der Waals surface area contributed by atoms with Crippen LogP contribution in [-0.4, -0.2) is 44.4 Å². The highest BCUT2D eigenvalue weighted by Gasteiger charge is 2.57. The van der Waals surface area contributed by atoms with Gasteiger partial charge >= 0.3 is 6.09 Å². The van der Waals surface area contributed by atoms with Crippen LogP contribution in [0.2, 0.25) is 0 Å². The zero-order valence-corrected chi connectivity index (χ0v) is 15.6. The van der Waals surface area contributed by atoms with Crippen LogP contribution in [0.1, 0.15) is 32.8 Å². The van der Waals surface area contributed by atoms with E-state index in [0.717, 1.165) is 5.56 Å². The van der Waals surface area contributed by atoms with E-state index in [1.807, 2.05) is 6.92 Å². The van der Waals surface area contributed by atoms with Crippen LogP contribution < -0.4 is 10.0 Å². The standard InChI is InChI=1S/C17H24N2O5S/c1-10-5-7-11(8-6-10)25(21,22)19-12-9-13-15(23-13)14(12)18-16(20)24-17(2,3)4/h5-8,12-15,19H,9H2,1-4H3,(H,18,20)/t12-,13-,14+,15-/m1/s1. The van der Waals surface area contributed by atoms with E-state index in [-0.39, 0.29) is 17.1 Å². The lowest BCUT2D eigenvalue weighted by molar-refractivity contribution is 0.0481. The summed E-state index contributed by atoms with van der Waals surface area (Å²) < 4.78 is 38.6. The molecule has 0 radical (unpaired) electrons. The molecule has 1 saturated heterocycles. The number of rotatable bonds is 4. The van der Waals surface area contributed by atoms with Gasteiger partial charge in [-0.3, -0.25) is 0 Å². The number of ether oxygens (including phenoxy) is 2. The van der Waals surface area contributed by atoms with Crippen molar-refractivity contribution in [1.82, 2.24) is 10.0 Å². The van der Waals surface area contributed by atoms with Gasteiger partial charge in [-0.05, 0) is 46.2 Å². The van der Waals surface area contributed by atoms with E-state index in [1.165, 1.54) is 0 Å². The van der Waals surface area contributed by atoms with Gasteiger partial charge in [0.25, 0.3) is 0 Å². The smallest absolute Gasteiger partial charge is 0.408 e. The van der Waals surface area contributed by atoms with Gasteiger partial charge < -0.3 is 14.8 Å². The van der Waals surface area contributed by atoms with Crippen molar-refractivity contribution in [2.45, 2.75) is 68.9 Å². The molecule has 2 N–H and O–H groups in total. The number of nitrogens with one attached hydrogen (secondary N) is 2. The monoisotopic (exact) mass is 368 g/mol. The average molecular weight is 368 g/mol. The molecule has 2 aliphatic rings. The first kappa shape index (κ1) is 18.2. The molecule has 1 aromatic rings. The summed E-state index contributed by atoms with van der Waals surface area (Å²) in [5, 5.41) is 2.75. The van der Waals surface area contributed by atoms with Gasteiger partial charge in [0.15, 0.2) is 0 Å². The fourth-order valence-electron chi connectivity index (χ4n) is 3.02. The molecular formula is C17H24N2O5S. The molecule has 7 nitrogen and oxygen atoms in total. The number of fused-ring (bicyclic) bond motifs is 1. The van der Waals surface area contributed by atoms with Crippen LogP contribution in [0.4, 0.5) is 4.79 Å². The molecule has 0 unspecified atom stereocenters. The Balaban J connectivity index is 1.69. The normalized spacial score (nSPS) is 28.3. The maximum atomic E-state index is 12.6. The third-order valence-corrected chi connectivity index (χ3v) is 5.72. The molecule has 0 spiro atoms. The zero-order chi connectivity index (χ0) is 18.4. The fourth-order valence-corrected chi connectivity index (χ4v) is 4.29. The third kappa shape index (κ3) is 4.31. The van der Waals surface area contributed by atoms with Crippen molar-refractivity contribution in [2.75, 3.05) is 0 Å². The summed E-state index contributed by atoms with van der Waals surface area (Å²) in [6.07, 6.45) is -0.243. The number of epoxide rings is 1. The van der Waals surface area contributed by atoms with Crippen LogP contribution in [-0.2, 0) is 19.5 Å². The number of alkyl carbamates (subject to hydrolysis) is 1. The minimum absolute atomic E-state index is 0.0225. The highest BCUT2D eigenvalue weighted by atomic mass is 32.2. The van der Waals surface area contributed by atoms with Crippen LogP contribution in [0.5, 0.6) is 0 Å². The van der Waals surface area contributed by atoms with Gasteiger partial charge in [-0.2, -0.15) is 0 Å². The van der Waals surface area contributed by atoms with E-state index >= 15 is 0 Å².